The number of likely N-dealkylation sites (N-methyl/N-ethyl adjacent to an activating group) is 1. The fraction of sp³-hybridized carbons (Fsp3) is 0.333. The van der Waals surface area contributed by atoms with Gasteiger partial charge in [-0.05, 0) is 12.1 Å². The quantitative estimate of drug-likeness (QED) is 0.451. The van der Waals surface area contributed by atoms with Crippen LogP contribution >= 0.6 is 0 Å². The molecule has 0 aliphatic carbocycles. The van der Waals surface area contributed by atoms with Gasteiger partial charge < -0.3 is 14.4 Å². The van der Waals surface area contributed by atoms with Crippen molar-refractivity contribution in [2.45, 2.75) is 0 Å². The van der Waals surface area contributed by atoms with E-state index < -0.39 is 16.8 Å². The van der Waals surface area contributed by atoms with Gasteiger partial charge in [0.1, 0.15) is 17.9 Å². The highest BCUT2D eigenvalue weighted by Gasteiger charge is 2.24. The van der Waals surface area contributed by atoms with Crippen LogP contribution in [-0.4, -0.2) is 49.5 Å². The van der Waals surface area contributed by atoms with Crippen molar-refractivity contribution in [2.24, 2.45) is 0 Å². The van der Waals surface area contributed by atoms with Crippen LogP contribution in [0.2, 0.25) is 0 Å². The predicted octanol–water partition coefficient (Wildman–Crippen LogP) is 0.848. The molecular weight excluding hydrogens is 268 g/mol. The van der Waals surface area contributed by atoms with Gasteiger partial charge in [0, 0.05) is 13.1 Å². The number of esters is 1. The molecule has 0 heterocycles. The molecule has 0 aromatic heterocycles. The number of ether oxygens (including phenoxy) is 2. The Kier molecular flexibility index (Phi) is 5.01. The number of carbonyl (C=O) groups is 2. The zero-order chi connectivity index (χ0) is 15.3. The second-order valence-corrected chi connectivity index (χ2v) is 3.88. The molecule has 108 valence electrons. The molecule has 0 radical (unpaired) electrons. The van der Waals surface area contributed by atoms with E-state index in [9.17, 15) is 19.7 Å². The first-order valence-electron chi connectivity index (χ1n) is 5.55. The van der Waals surface area contributed by atoms with E-state index in [0.29, 0.717) is 5.75 Å². The van der Waals surface area contributed by atoms with Gasteiger partial charge in [0.05, 0.1) is 19.1 Å². The zero-order valence-electron chi connectivity index (χ0n) is 11.3. The highest BCUT2D eigenvalue weighted by Crippen LogP contribution is 2.25. The van der Waals surface area contributed by atoms with Gasteiger partial charge >= 0.3 is 5.97 Å². The van der Waals surface area contributed by atoms with E-state index in [2.05, 4.69) is 4.74 Å². The summed E-state index contributed by atoms with van der Waals surface area (Å²) < 4.78 is 9.37. The maximum Gasteiger partial charge on any atom is 0.325 e. The normalized spacial score (nSPS) is 9.75. The Hall–Kier alpha value is -2.64. The van der Waals surface area contributed by atoms with Crippen molar-refractivity contribution in [2.75, 3.05) is 27.8 Å². The third-order valence-corrected chi connectivity index (χ3v) is 2.57. The molecule has 1 aromatic carbocycles. The van der Waals surface area contributed by atoms with Gasteiger partial charge in [-0.1, -0.05) is 0 Å². The molecule has 0 aliphatic heterocycles. The van der Waals surface area contributed by atoms with E-state index in [1.807, 2.05) is 0 Å². The van der Waals surface area contributed by atoms with E-state index in [1.165, 1.54) is 39.5 Å². The van der Waals surface area contributed by atoms with Gasteiger partial charge in [-0.3, -0.25) is 19.7 Å². The largest absolute Gasteiger partial charge is 0.497 e. The van der Waals surface area contributed by atoms with Crippen LogP contribution in [-0.2, 0) is 9.53 Å². The summed E-state index contributed by atoms with van der Waals surface area (Å²) in [4.78, 5) is 34.6. The van der Waals surface area contributed by atoms with Crippen molar-refractivity contribution in [3.05, 3.63) is 33.9 Å². The number of amides is 1. The monoisotopic (exact) mass is 282 g/mol. The Morgan fingerprint density at radius 3 is 2.50 bits per heavy atom. The maximum absolute atomic E-state index is 12.1. The third kappa shape index (κ3) is 3.44. The van der Waals surface area contributed by atoms with Gasteiger partial charge in [-0.2, -0.15) is 0 Å². The summed E-state index contributed by atoms with van der Waals surface area (Å²) >= 11 is 0. The molecule has 1 aromatic rings. The van der Waals surface area contributed by atoms with Crippen molar-refractivity contribution in [3.8, 4) is 5.75 Å². The van der Waals surface area contributed by atoms with E-state index in [-0.39, 0.29) is 17.8 Å². The summed E-state index contributed by atoms with van der Waals surface area (Å²) in [6.45, 7) is -0.302. The van der Waals surface area contributed by atoms with Gasteiger partial charge in [0.25, 0.3) is 11.6 Å². The molecule has 0 saturated heterocycles. The third-order valence-electron chi connectivity index (χ3n) is 2.57. The molecule has 0 unspecified atom stereocenters. The number of hydrogen-bond acceptors (Lipinski definition) is 6. The lowest BCUT2D eigenvalue weighted by Gasteiger charge is -2.16. The topological polar surface area (TPSA) is 99.0 Å². The highest BCUT2D eigenvalue weighted by molar-refractivity contribution is 5.99. The Balaban J connectivity index is 3.12. The lowest BCUT2D eigenvalue weighted by molar-refractivity contribution is -0.385. The Morgan fingerprint density at radius 2 is 2.00 bits per heavy atom. The Labute approximate surface area is 115 Å². The summed E-state index contributed by atoms with van der Waals surface area (Å²) in [6.07, 6.45) is 0. The number of rotatable bonds is 5. The van der Waals surface area contributed by atoms with Crippen molar-refractivity contribution >= 4 is 17.6 Å². The lowest BCUT2D eigenvalue weighted by atomic mass is 10.1. The summed E-state index contributed by atoms with van der Waals surface area (Å²) in [5.74, 6) is -0.974. The molecule has 8 nitrogen and oxygen atoms in total. The molecule has 0 aliphatic rings. The molecule has 1 rings (SSSR count). The minimum atomic E-state index is -0.668. The number of methoxy groups -OCH3 is 2. The second-order valence-electron chi connectivity index (χ2n) is 3.88. The molecule has 0 atom stereocenters. The number of benzene rings is 1. The van der Waals surface area contributed by atoms with Crippen LogP contribution in [0.25, 0.3) is 0 Å². The van der Waals surface area contributed by atoms with E-state index in [4.69, 9.17) is 4.74 Å². The van der Waals surface area contributed by atoms with Gasteiger partial charge in [0.2, 0.25) is 0 Å². The Morgan fingerprint density at radius 1 is 1.35 bits per heavy atom. The van der Waals surface area contributed by atoms with Crippen molar-refractivity contribution in [1.82, 2.24) is 4.90 Å². The molecule has 0 fully saturated rings. The molecular formula is C12H14N2O6. The van der Waals surface area contributed by atoms with Crippen molar-refractivity contribution in [1.29, 1.82) is 0 Å². The zero-order valence-corrected chi connectivity index (χ0v) is 11.3. The lowest BCUT2D eigenvalue weighted by Crippen LogP contribution is -2.33. The molecule has 1 amide bonds. The van der Waals surface area contributed by atoms with E-state index in [0.717, 1.165) is 4.90 Å². The predicted molar refractivity (Wildman–Crippen MR) is 68.6 cm³/mol. The standard InChI is InChI=1S/C12H14N2O6/c1-13(7-11(15)20-3)12(16)9-6-8(19-2)4-5-10(9)14(17)18/h4-6H,7H2,1-3H3. The Bertz CT molecular complexity index is 543. The van der Waals surface area contributed by atoms with Crippen LogP contribution in [0.15, 0.2) is 18.2 Å². The van der Waals surface area contributed by atoms with Crippen LogP contribution in [0.5, 0.6) is 5.75 Å². The molecule has 0 spiro atoms. The van der Waals surface area contributed by atoms with Crippen molar-refractivity contribution < 1.29 is 24.0 Å². The summed E-state index contributed by atoms with van der Waals surface area (Å²) in [5.41, 5.74) is -0.506. The maximum atomic E-state index is 12.1. The van der Waals surface area contributed by atoms with Crippen LogP contribution in [0.1, 0.15) is 10.4 Å². The summed E-state index contributed by atoms with van der Waals surface area (Å²) in [7, 11) is 3.92. The van der Waals surface area contributed by atoms with Crippen molar-refractivity contribution in [3.63, 3.8) is 0 Å². The van der Waals surface area contributed by atoms with E-state index >= 15 is 0 Å². The van der Waals surface area contributed by atoms with Crippen LogP contribution < -0.4 is 4.74 Å². The van der Waals surface area contributed by atoms with Gasteiger partial charge in [-0.25, -0.2) is 0 Å². The molecule has 20 heavy (non-hydrogen) atoms. The van der Waals surface area contributed by atoms with Gasteiger partial charge in [-0.15, -0.1) is 0 Å². The minimum Gasteiger partial charge on any atom is -0.497 e. The first-order valence-corrected chi connectivity index (χ1v) is 5.55. The fourth-order valence-corrected chi connectivity index (χ4v) is 1.51. The second kappa shape index (κ2) is 6.50. The summed E-state index contributed by atoms with van der Waals surface area (Å²) in [6, 6.07) is 3.82. The molecule has 0 bridgehead atoms. The number of carbonyl (C=O) groups excluding carboxylic acids is 2. The average Bonchev–Trinajstić information content (AvgIpc) is 2.45. The SMILES string of the molecule is COC(=O)CN(C)C(=O)c1cc(OC)ccc1[N+](=O)[O-]. The molecule has 8 heteroatoms. The first kappa shape index (κ1) is 15.4. The number of nitrogens with zero attached hydrogens (tertiary/aromatic N) is 2. The number of nitro benzene ring substituents is 1. The van der Waals surface area contributed by atoms with E-state index in [1.54, 1.807) is 0 Å². The molecule has 0 N–H and O–H groups in total. The van der Waals surface area contributed by atoms with Crippen LogP contribution in [0.4, 0.5) is 5.69 Å². The average molecular weight is 282 g/mol. The fourth-order valence-electron chi connectivity index (χ4n) is 1.51. The number of hydrogen-bond donors (Lipinski definition) is 0. The smallest absolute Gasteiger partial charge is 0.325 e. The van der Waals surface area contributed by atoms with Crippen LogP contribution in [0, 0.1) is 10.1 Å². The summed E-state index contributed by atoms with van der Waals surface area (Å²) in [5, 5.41) is 10.9. The molecule has 0 saturated carbocycles. The van der Waals surface area contributed by atoms with Gasteiger partial charge in [0.15, 0.2) is 0 Å². The number of nitro groups is 1. The van der Waals surface area contributed by atoms with Crippen LogP contribution in [0.3, 0.4) is 0 Å². The highest BCUT2D eigenvalue weighted by atomic mass is 16.6. The first-order chi connectivity index (χ1) is 9.40. The minimum absolute atomic E-state index is 0.152.